The second-order valence-corrected chi connectivity index (χ2v) is 2.90. The molecule has 3 nitrogen and oxygen atoms in total. The molecule has 2 atom stereocenters. The highest BCUT2D eigenvalue weighted by atomic mass is 16.5. The third-order valence-electron chi connectivity index (χ3n) is 1.84. The molecule has 0 bridgehead atoms. The molecule has 3 heteroatoms. The molecule has 0 aromatic heterocycles. The number of carboxylic acids is 1. The van der Waals surface area contributed by atoms with Crippen LogP contribution in [0.4, 0.5) is 0 Å². The number of carboxylic acid groups (broad SMARTS) is 1. The van der Waals surface area contributed by atoms with Gasteiger partial charge in [0, 0.05) is 5.92 Å². The van der Waals surface area contributed by atoms with E-state index in [-0.39, 0.29) is 5.92 Å². The maximum Gasteiger partial charge on any atom is 0.306 e. The third-order valence-corrected chi connectivity index (χ3v) is 1.84. The van der Waals surface area contributed by atoms with Gasteiger partial charge in [0.2, 0.25) is 0 Å². The maximum absolute atomic E-state index is 10.4. The van der Waals surface area contributed by atoms with E-state index in [1.165, 1.54) is 0 Å². The second kappa shape index (κ2) is 3.42. The summed E-state index contributed by atoms with van der Waals surface area (Å²) in [6.07, 6.45) is 4.23. The SMILES string of the molecule is C[C@@H](C[C@@H]1C=COC1)C(=O)O. The number of hydrogen-bond acceptors (Lipinski definition) is 2. The van der Waals surface area contributed by atoms with Crippen molar-refractivity contribution in [2.75, 3.05) is 6.61 Å². The Balaban J connectivity index is 2.29. The molecule has 1 aliphatic rings. The molecule has 0 fully saturated rings. The number of hydrogen-bond donors (Lipinski definition) is 1. The average molecular weight is 156 g/mol. The van der Waals surface area contributed by atoms with E-state index in [1.807, 2.05) is 6.08 Å². The van der Waals surface area contributed by atoms with Crippen molar-refractivity contribution in [2.24, 2.45) is 11.8 Å². The first-order chi connectivity index (χ1) is 5.20. The van der Waals surface area contributed by atoms with Gasteiger partial charge < -0.3 is 9.84 Å². The lowest BCUT2D eigenvalue weighted by molar-refractivity contribution is -0.141. The van der Waals surface area contributed by atoms with Gasteiger partial charge in [0.05, 0.1) is 18.8 Å². The molecule has 0 unspecified atom stereocenters. The molecule has 0 radical (unpaired) electrons. The standard InChI is InChI=1S/C8H12O3/c1-6(8(9)10)4-7-2-3-11-5-7/h2-3,6-7H,4-5H2,1H3,(H,9,10)/t6-,7-/m0/s1. The summed E-state index contributed by atoms with van der Waals surface area (Å²) in [6, 6.07) is 0. The van der Waals surface area contributed by atoms with Gasteiger partial charge >= 0.3 is 5.97 Å². The molecule has 1 heterocycles. The Morgan fingerprint density at radius 1 is 1.91 bits per heavy atom. The zero-order valence-corrected chi connectivity index (χ0v) is 6.49. The maximum atomic E-state index is 10.4. The van der Waals surface area contributed by atoms with Crippen molar-refractivity contribution in [3.8, 4) is 0 Å². The minimum absolute atomic E-state index is 0.272. The van der Waals surface area contributed by atoms with Crippen LogP contribution in [0.15, 0.2) is 12.3 Å². The molecule has 0 aromatic rings. The second-order valence-electron chi connectivity index (χ2n) is 2.90. The van der Waals surface area contributed by atoms with Gasteiger partial charge in [0.25, 0.3) is 0 Å². The smallest absolute Gasteiger partial charge is 0.306 e. The van der Waals surface area contributed by atoms with E-state index < -0.39 is 5.97 Å². The van der Waals surface area contributed by atoms with Crippen LogP contribution < -0.4 is 0 Å². The first kappa shape index (κ1) is 8.11. The lowest BCUT2D eigenvalue weighted by atomic mass is 9.97. The molecule has 11 heavy (non-hydrogen) atoms. The van der Waals surface area contributed by atoms with Crippen LogP contribution in [0.5, 0.6) is 0 Å². The summed E-state index contributed by atoms with van der Waals surface area (Å²) in [4.78, 5) is 10.4. The summed E-state index contributed by atoms with van der Waals surface area (Å²) in [5, 5.41) is 8.58. The Morgan fingerprint density at radius 2 is 2.64 bits per heavy atom. The first-order valence-electron chi connectivity index (χ1n) is 3.71. The number of ether oxygens (including phenoxy) is 1. The van der Waals surface area contributed by atoms with Crippen LogP contribution >= 0.6 is 0 Å². The molecule has 0 aliphatic carbocycles. The van der Waals surface area contributed by atoms with E-state index in [9.17, 15) is 4.79 Å². The minimum atomic E-state index is -0.731. The lowest BCUT2D eigenvalue weighted by Gasteiger charge is -2.09. The predicted molar refractivity (Wildman–Crippen MR) is 40.0 cm³/mol. The molecule has 0 aromatic carbocycles. The van der Waals surface area contributed by atoms with Gasteiger partial charge in [-0.2, -0.15) is 0 Å². The van der Waals surface area contributed by atoms with Crippen LogP contribution in [0.25, 0.3) is 0 Å². The fourth-order valence-electron chi connectivity index (χ4n) is 1.10. The Labute approximate surface area is 65.7 Å². The zero-order valence-electron chi connectivity index (χ0n) is 6.49. The van der Waals surface area contributed by atoms with Gasteiger partial charge in [-0.3, -0.25) is 4.79 Å². The van der Waals surface area contributed by atoms with E-state index >= 15 is 0 Å². The topological polar surface area (TPSA) is 46.5 Å². The van der Waals surface area contributed by atoms with Crippen molar-refractivity contribution < 1.29 is 14.6 Å². The molecule has 62 valence electrons. The van der Waals surface area contributed by atoms with E-state index in [4.69, 9.17) is 9.84 Å². The van der Waals surface area contributed by atoms with Crippen molar-refractivity contribution in [1.82, 2.24) is 0 Å². The van der Waals surface area contributed by atoms with E-state index in [2.05, 4.69) is 0 Å². The number of carbonyl (C=O) groups is 1. The molecule has 1 rings (SSSR count). The van der Waals surface area contributed by atoms with Crippen molar-refractivity contribution in [2.45, 2.75) is 13.3 Å². The summed E-state index contributed by atoms with van der Waals surface area (Å²) in [5.74, 6) is -0.710. The lowest BCUT2D eigenvalue weighted by Crippen LogP contribution is -2.14. The fraction of sp³-hybridized carbons (Fsp3) is 0.625. The normalized spacial score (nSPS) is 24.6. The van der Waals surface area contributed by atoms with Crippen molar-refractivity contribution in [1.29, 1.82) is 0 Å². The largest absolute Gasteiger partial charge is 0.501 e. The van der Waals surface area contributed by atoms with Crippen molar-refractivity contribution >= 4 is 5.97 Å². The Bertz CT molecular complexity index is 174. The van der Waals surface area contributed by atoms with Crippen LogP contribution in [0.1, 0.15) is 13.3 Å². The van der Waals surface area contributed by atoms with Crippen LogP contribution in [0.3, 0.4) is 0 Å². The van der Waals surface area contributed by atoms with Gasteiger partial charge in [0.15, 0.2) is 0 Å². The molecular weight excluding hydrogens is 144 g/mol. The third kappa shape index (κ3) is 2.26. The molecule has 0 spiro atoms. The van der Waals surface area contributed by atoms with Crippen LogP contribution in [-0.4, -0.2) is 17.7 Å². The van der Waals surface area contributed by atoms with Crippen molar-refractivity contribution in [3.63, 3.8) is 0 Å². The summed E-state index contributed by atoms with van der Waals surface area (Å²) in [7, 11) is 0. The molecule has 1 N–H and O–H groups in total. The number of rotatable bonds is 3. The first-order valence-corrected chi connectivity index (χ1v) is 3.71. The van der Waals surface area contributed by atoms with Gasteiger partial charge in [-0.25, -0.2) is 0 Å². The predicted octanol–water partition coefficient (Wildman–Crippen LogP) is 1.26. The number of aliphatic carboxylic acids is 1. The highest BCUT2D eigenvalue weighted by Gasteiger charge is 2.18. The zero-order chi connectivity index (χ0) is 8.27. The van der Waals surface area contributed by atoms with Crippen molar-refractivity contribution in [3.05, 3.63) is 12.3 Å². The summed E-state index contributed by atoms with van der Waals surface area (Å²) < 4.78 is 4.96. The Hall–Kier alpha value is -0.990. The van der Waals surface area contributed by atoms with Gasteiger partial charge in [-0.1, -0.05) is 6.92 Å². The molecule has 0 saturated heterocycles. The monoisotopic (exact) mass is 156 g/mol. The molecule has 1 aliphatic heterocycles. The van der Waals surface area contributed by atoms with E-state index in [0.717, 1.165) is 0 Å². The average Bonchev–Trinajstić information content (AvgIpc) is 2.39. The highest BCUT2D eigenvalue weighted by molar-refractivity contribution is 5.69. The van der Waals surface area contributed by atoms with Crippen LogP contribution in [-0.2, 0) is 9.53 Å². The quantitative estimate of drug-likeness (QED) is 0.669. The Morgan fingerprint density at radius 3 is 3.09 bits per heavy atom. The minimum Gasteiger partial charge on any atom is -0.501 e. The van der Waals surface area contributed by atoms with Gasteiger partial charge in [-0.05, 0) is 12.5 Å². The Kier molecular flexibility index (Phi) is 2.52. The summed E-state index contributed by atoms with van der Waals surface area (Å²) in [5.41, 5.74) is 0. The van der Waals surface area contributed by atoms with E-state index in [0.29, 0.717) is 18.9 Å². The van der Waals surface area contributed by atoms with Crippen LogP contribution in [0.2, 0.25) is 0 Å². The van der Waals surface area contributed by atoms with Crippen LogP contribution in [0, 0.1) is 11.8 Å². The molecular formula is C8H12O3. The molecule has 0 saturated carbocycles. The van der Waals surface area contributed by atoms with Gasteiger partial charge in [-0.15, -0.1) is 0 Å². The summed E-state index contributed by atoms with van der Waals surface area (Å²) >= 11 is 0. The molecule has 0 amide bonds. The van der Waals surface area contributed by atoms with E-state index in [1.54, 1.807) is 13.2 Å². The summed E-state index contributed by atoms with van der Waals surface area (Å²) in [6.45, 7) is 2.35. The fourth-order valence-corrected chi connectivity index (χ4v) is 1.10. The van der Waals surface area contributed by atoms with Gasteiger partial charge in [0.1, 0.15) is 0 Å². The highest BCUT2D eigenvalue weighted by Crippen LogP contribution is 2.18.